The second-order valence-electron chi connectivity index (χ2n) is 6.18. The van der Waals surface area contributed by atoms with Gasteiger partial charge in [-0.1, -0.05) is 0 Å². The first-order valence-electron chi connectivity index (χ1n) is 6.66. The van der Waals surface area contributed by atoms with Gasteiger partial charge in [-0.2, -0.15) is 0 Å². The fourth-order valence-corrected chi connectivity index (χ4v) is 2.29. The van der Waals surface area contributed by atoms with E-state index in [2.05, 4.69) is 5.32 Å². The number of rotatable bonds is 3. The fraction of sp³-hybridized carbons (Fsp3) is 0.923. The number of amides is 1. The molecule has 1 fully saturated rings. The molecule has 1 aliphatic rings. The smallest absolute Gasteiger partial charge is 0.407 e. The number of hydrogen-bond donors (Lipinski definition) is 3. The molecule has 0 bridgehead atoms. The molecule has 1 amide bonds. The number of ether oxygens (including phenoxy) is 1. The van der Waals surface area contributed by atoms with Gasteiger partial charge in [0.05, 0.1) is 5.60 Å². The zero-order valence-corrected chi connectivity index (χ0v) is 11.7. The molecule has 1 saturated carbocycles. The van der Waals surface area contributed by atoms with Crippen molar-refractivity contribution in [1.82, 2.24) is 5.32 Å². The number of nitrogens with one attached hydrogen (secondary N) is 1. The third-order valence-corrected chi connectivity index (χ3v) is 3.25. The van der Waals surface area contributed by atoms with E-state index >= 15 is 0 Å². The van der Waals surface area contributed by atoms with Gasteiger partial charge in [-0.3, -0.25) is 0 Å². The highest BCUT2D eigenvalue weighted by Gasteiger charge is 2.33. The van der Waals surface area contributed by atoms with Crippen molar-refractivity contribution in [2.45, 2.75) is 70.1 Å². The summed E-state index contributed by atoms with van der Waals surface area (Å²) >= 11 is 0. The van der Waals surface area contributed by atoms with Crippen molar-refractivity contribution in [1.29, 1.82) is 0 Å². The van der Waals surface area contributed by atoms with Gasteiger partial charge in [-0.05, 0) is 59.4 Å². The van der Waals surface area contributed by atoms with Crippen LogP contribution in [0.2, 0.25) is 0 Å². The van der Waals surface area contributed by atoms with E-state index in [1.54, 1.807) is 0 Å². The predicted molar refractivity (Wildman–Crippen MR) is 70.2 cm³/mol. The Kier molecular flexibility index (Phi) is 4.99. The summed E-state index contributed by atoms with van der Waals surface area (Å²) in [6, 6.07) is 0.0953. The summed E-state index contributed by atoms with van der Waals surface area (Å²) in [7, 11) is 0. The number of nitrogens with two attached hydrogens (primary N) is 1. The molecule has 0 radical (unpaired) electrons. The predicted octanol–water partition coefficient (Wildman–Crippen LogP) is 1.53. The van der Waals surface area contributed by atoms with Gasteiger partial charge in [0.2, 0.25) is 0 Å². The number of hydrogen-bond acceptors (Lipinski definition) is 4. The van der Waals surface area contributed by atoms with Crippen LogP contribution in [0.15, 0.2) is 0 Å². The van der Waals surface area contributed by atoms with Crippen molar-refractivity contribution < 1.29 is 14.6 Å². The molecule has 0 atom stereocenters. The summed E-state index contributed by atoms with van der Waals surface area (Å²) in [5, 5.41) is 13.0. The van der Waals surface area contributed by atoms with Crippen LogP contribution in [0.4, 0.5) is 4.79 Å². The van der Waals surface area contributed by atoms with E-state index in [9.17, 15) is 9.90 Å². The van der Waals surface area contributed by atoms with Crippen LogP contribution < -0.4 is 11.1 Å². The van der Waals surface area contributed by atoms with E-state index in [4.69, 9.17) is 10.5 Å². The third-order valence-electron chi connectivity index (χ3n) is 3.25. The lowest BCUT2D eigenvalue weighted by atomic mass is 9.80. The Bertz CT molecular complexity index is 278. The van der Waals surface area contributed by atoms with Gasteiger partial charge in [0.1, 0.15) is 5.60 Å². The highest BCUT2D eigenvalue weighted by atomic mass is 16.6. The van der Waals surface area contributed by atoms with Gasteiger partial charge >= 0.3 is 6.09 Å². The Balaban J connectivity index is 2.33. The van der Waals surface area contributed by atoms with Crippen molar-refractivity contribution in [2.75, 3.05) is 6.54 Å². The molecular formula is C13H26N2O3. The molecule has 0 saturated heterocycles. The number of carbonyl (C=O) groups is 1. The maximum Gasteiger partial charge on any atom is 0.407 e. The summed E-state index contributed by atoms with van der Waals surface area (Å²) in [6.45, 7) is 6.02. The normalized spacial score (nSPS) is 28.8. The van der Waals surface area contributed by atoms with E-state index < -0.39 is 11.2 Å². The molecule has 1 rings (SSSR count). The lowest BCUT2D eigenvalue weighted by Gasteiger charge is -2.36. The third kappa shape index (κ3) is 5.23. The van der Waals surface area contributed by atoms with Crippen molar-refractivity contribution >= 4 is 6.09 Å². The molecule has 106 valence electrons. The molecule has 0 aliphatic heterocycles. The first kappa shape index (κ1) is 15.2. The highest BCUT2D eigenvalue weighted by molar-refractivity contribution is 5.68. The van der Waals surface area contributed by atoms with Crippen LogP contribution in [-0.4, -0.2) is 35.0 Å². The van der Waals surface area contributed by atoms with Gasteiger partial charge < -0.3 is 20.9 Å². The molecule has 1 aliphatic carbocycles. The summed E-state index contributed by atoms with van der Waals surface area (Å²) in [4.78, 5) is 11.6. The summed E-state index contributed by atoms with van der Waals surface area (Å²) in [6.07, 6.45) is 3.17. The second-order valence-corrected chi connectivity index (χ2v) is 6.18. The van der Waals surface area contributed by atoms with E-state index in [-0.39, 0.29) is 12.1 Å². The largest absolute Gasteiger partial charge is 0.444 e. The minimum absolute atomic E-state index is 0.0953. The highest BCUT2D eigenvalue weighted by Crippen LogP contribution is 2.30. The first-order chi connectivity index (χ1) is 8.24. The standard InChI is InChI=1S/C13H26N2O3/c1-12(2,3)18-11(16)15-10-4-6-13(17,7-5-10)8-9-14/h10,17H,4-9,14H2,1-3H3,(H,15,16). The summed E-state index contributed by atoms with van der Waals surface area (Å²) in [5.74, 6) is 0. The molecule has 0 spiro atoms. The molecule has 0 aromatic carbocycles. The van der Waals surface area contributed by atoms with Crippen LogP contribution in [0.5, 0.6) is 0 Å². The fourth-order valence-electron chi connectivity index (χ4n) is 2.29. The minimum atomic E-state index is -0.638. The summed E-state index contributed by atoms with van der Waals surface area (Å²) in [5.41, 5.74) is 4.37. The van der Waals surface area contributed by atoms with Crippen LogP contribution in [0.25, 0.3) is 0 Å². The minimum Gasteiger partial charge on any atom is -0.444 e. The molecule has 0 aromatic rings. The Morgan fingerprint density at radius 2 is 2.00 bits per heavy atom. The molecule has 18 heavy (non-hydrogen) atoms. The molecule has 4 N–H and O–H groups in total. The quantitative estimate of drug-likeness (QED) is 0.716. The Hall–Kier alpha value is -0.810. The molecule has 0 aromatic heterocycles. The van der Waals surface area contributed by atoms with Gasteiger partial charge in [0.15, 0.2) is 0 Å². The molecule has 0 unspecified atom stereocenters. The lowest BCUT2D eigenvalue weighted by molar-refractivity contribution is -0.0111. The SMILES string of the molecule is CC(C)(C)OC(=O)NC1CCC(O)(CCN)CC1. The summed E-state index contributed by atoms with van der Waals surface area (Å²) < 4.78 is 5.21. The lowest BCUT2D eigenvalue weighted by Crippen LogP contribution is -2.45. The maximum atomic E-state index is 11.6. The molecule has 0 heterocycles. The average molecular weight is 258 g/mol. The van der Waals surface area contributed by atoms with Gasteiger partial charge in [-0.25, -0.2) is 4.79 Å². The van der Waals surface area contributed by atoms with Crippen LogP contribution in [0.3, 0.4) is 0 Å². The van der Waals surface area contributed by atoms with E-state index in [1.165, 1.54) is 0 Å². The zero-order chi connectivity index (χ0) is 13.8. The van der Waals surface area contributed by atoms with Crippen LogP contribution in [-0.2, 0) is 4.74 Å². The maximum absolute atomic E-state index is 11.6. The van der Waals surface area contributed by atoms with Crippen molar-refractivity contribution in [3.8, 4) is 0 Å². The van der Waals surface area contributed by atoms with Crippen molar-refractivity contribution in [3.63, 3.8) is 0 Å². The second kappa shape index (κ2) is 5.89. The topological polar surface area (TPSA) is 84.6 Å². The first-order valence-corrected chi connectivity index (χ1v) is 6.66. The van der Waals surface area contributed by atoms with E-state index in [0.717, 1.165) is 12.8 Å². The molecule has 5 heteroatoms. The van der Waals surface area contributed by atoms with Crippen molar-refractivity contribution in [2.24, 2.45) is 5.73 Å². The van der Waals surface area contributed by atoms with Crippen LogP contribution in [0, 0.1) is 0 Å². The van der Waals surface area contributed by atoms with Crippen LogP contribution in [0.1, 0.15) is 52.9 Å². The number of alkyl carbamates (subject to hydrolysis) is 1. The Morgan fingerprint density at radius 1 is 1.44 bits per heavy atom. The number of aliphatic hydroxyl groups is 1. The average Bonchev–Trinajstić information content (AvgIpc) is 2.19. The Labute approximate surface area is 109 Å². The van der Waals surface area contributed by atoms with Gasteiger partial charge in [-0.15, -0.1) is 0 Å². The molecular weight excluding hydrogens is 232 g/mol. The Morgan fingerprint density at radius 3 is 2.44 bits per heavy atom. The van der Waals surface area contributed by atoms with E-state index in [0.29, 0.717) is 25.8 Å². The zero-order valence-electron chi connectivity index (χ0n) is 11.7. The van der Waals surface area contributed by atoms with E-state index in [1.807, 2.05) is 20.8 Å². The number of carbonyl (C=O) groups excluding carboxylic acids is 1. The van der Waals surface area contributed by atoms with Gasteiger partial charge in [0, 0.05) is 6.04 Å². The van der Waals surface area contributed by atoms with Crippen LogP contribution >= 0.6 is 0 Å². The van der Waals surface area contributed by atoms with Gasteiger partial charge in [0.25, 0.3) is 0 Å². The monoisotopic (exact) mass is 258 g/mol. The molecule has 5 nitrogen and oxygen atoms in total. The van der Waals surface area contributed by atoms with Crippen molar-refractivity contribution in [3.05, 3.63) is 0 Å².